The monoisotopic (exact) mass is 199 g/mol. The van der Waals surface area contributed by atoms with E-state index in [1.165, 1.54) is 20.0 Å². The van der Waals surface area contributed by atoms with Crippen LogP contribution < -0.4 is 11.4 Å². The quantitative estimate of drug-likeness (QED) is 0.612. The third kappa shape index (κ3) is 1.56. The fourth-order valence-electron chi connectivity index (χ4n) is 1.19. The maximum absolute atomic E-state index is 11.4. The third-order valence-electron chi connectivity index (χ3n) is 2.05. The van der Waals surface area contributed by atoms with Crippen LogP contribution >= 0.6 is 0 Å². The van der Waals surface area contributed by atoms with E-state index in [1.807, 2.05) is 0 Å². The maximum Gasteiger partial charge on any atom is 0.347 e. The molecule has 0 spiro atoms. The first-order valence-electron chi connectivity index (χ1n) is 4.17. The number of hydrogen-bond acceptors (Lipinski definition) is 3. The van der Waals surface area contributed by atoms with Gasteiger partial charge in [0.2, 0.25) is 0 Å². The first-order valence-corrected chi connectivity index (χ1v) is 4.17. The van der Waals surface area contributed by atoms with Gasteiger partial charge in [-0.3, -0.25) is 0 Å². The van der Waals surface area contributed by atoms with E-state index in [0.29, 0.717) is 0 Å². The summed E-state index contributed by atoms with van der Waals surface area (Å²) in [6.45, 7) is 5.01. The topological polar surface area (TPSA) is 80.0 Å². The Labute approximate surface area is 80.1 Å². The highest BCUT2D eigenvalue weighted by Gasteiger charge is 2.17. The molecular formula is C8H13N3O3. The lowest BCUT2D eigenvalue weighted by molar-refractivity contribution is 0.144. The first kappa shape index (κ1) is 10.5. The molecule has 6 heteroatoms. The van der Waals surface area contributed by atoms with E-state index in [9.17, 15) is 14.7 Å². The van der Waals surface area contributed by atoms with Crippen LogP contribution in [0, 0.1) is 0 Å². The summed E-state index contributed by atoms with van der Waals surface area (Å²) in [6.07, 6.45) is 0.616. The van der Waals surface area contributed by atoms with Crippen molar-refractivity contribution in [2.75, 3.05) is 0 Å². The molecule has 6 nitrogen and oxygen atoms in total. The van der Waals surface area contributed by atoms with Crippen LogP contribution in [0.2, 0.25) is 0 Å². The highest BCUT2D eigenvalue weighted by Crippen LogP contribution is 2.07. The predicted molar refractivity (Wildman–Crippen MR) is 51.2 cm³/mol. The van der Waals surface area contributed by atoms with Gasteiger partial charge in [0.05, 0.1) is 12.1 Å². The van der Waals surface area contributed by atoms with Gasteiger partial charge in [-0.05, 0) is 6.92 Å². The summed E-state index contributed by atoms with van der Waals surface area (Å²) in [6, 6.07) is -0.614. The lowest BCUT2D eigenvalue weighted by atomic mass is 10.2. The van der Waals surface area contributed by atoms with Crippen molar-refractivity contribution in [2.24, 2.45) is 7.05 Å². The summed E-state index contributed by atoms with van der Waals surface area (Å²) in [5, 5.41) is 11.7. The van der Waals surface area contributed by atoms with Gasteiger partial charge in [-0.2, -0.15) is 0 Å². The molecule has 0 unspecified atom stereocenters. The minimum absolute atomic E-state index is 0.499. The molecule has 2 N–H and O–H groups in total. The van der Waals surface area contributed by atoms with Gasteiger partial charge in [0.1, 0.15) is 0 Å². The molecule has 0 saturated carbocycles. The second-order valence-corrected chi connectivity index (χ2v) is 3.10. The molecule has 0 aromatic carbocycles. The molecule has 0 bridgehead atoms. The van der Waals surface area contributed by atoms with E-state index in [1.54, 1.807) is 0 Å². The molecular weight excluding hydrogens is 186 g/mol. The molecule has 78 valence electrons. The van der Waals surface area contributed by atoms with Crippen LogP contribution in [0.25, 0.3) is 0 Å². The fraction of sp³-hybridized carbons (Fsp3) is 0.500. The van der Waals surface area contributed by atoms with Crippen molar-refractivity contribution < 1.29 is 5.11 Å². The smallest absolute Gasteiger partial charge is 0.347 e. The Balaban J connectivity index is 3.31. The zero-order valence-corrected chi connectivity index (χ0v) is 8.10. The molecule has 0 saturated heterocycles. The van der Waals surface area contributed by atoms with Gasteiger partial charge < -0.3 is 5.11 Å². The second-order valence-electron chi connectivity index (χ2n) is 3.10. The van der Waals surface area contributed by atoms with Gasteiger partial charge in [0, 0.05) is 7.05 Å². The number of aliphatic hydroxyl groups excluding tert-OH is 1. The van der Waals surface area contributed by atoms with Crippen LogP contribution in [0.15, 0.2) is 22.2 Å². The van der Waals surface area contributed by atoms with Crippen molar-refractivity contribution in [1.29, 1.82) is 0 Å². The van der Waals surface area contributed by atoms with Crippen molar-refractivity contribution in [3.63, 3.8) is 0 Å². The molecule has 1 rings (SSSR count). The summed E-state index contributed by atoms with van der Waals surface area (Å²) < 4.78 is 1.98. The van der Waals surface area contributed by atoms with E-state index >= 15 is 0 Å². The first-order chi connectivity index (χ1) is 6.49. The highest BCUT2D eigenvalue weighted by atomic mass is 16.3. The Morgan fingerprint density at radius 2 is 2.14 bits per heavy atom. The fourth-order valence-corrected chi connectivity index (χ4v) is 1.19. The average molecular weight is 199 g/mol. The molecule has 1 aromatic rings. The average Bonchev–Trinajstić information content (AvgIpc) is 2.35. The van der Waals surface area contributed by atoms with Crippen molar-refractivity contribution >= 4 is 0 Å². The van der Waals surface area contributed by atoms with Crippen LogP contribution in [0.5, 0.6) is 0 Å². The molecule has 0 aliphatic carbocycles. The molecule has 1 heterocycles. The molecule has 14 heavy (non-hydrogen) atoms. The highest BCUT2D eigenvalue weighted by molar-refractivity contribution is 4.89. The minimum atomic E-state index is -0.789. The van der Waals surface area contributed by atoms with E-state index in [0.717, 1.165) is 9.25 Å². The Hall–Kier alpha value is -1.56. The van der Waals surface area contributed by atoms with Gasteiger partial charge >= 0.3 is 11.4 Å². The number of nitrogens with one attached hydrogen (secondary N) is 1. The van der Waals surface area contributed by atoms with Crippen LogP contribution in [-0.2, 0) is 7.05 Å². The van der Waals surface area contributed by atoms with E-state index in [2.05, 4.69) is 11.7 Å². The van der Waals surface area contributed by atoms with Crippen molar-refractivity contribution in [1.82, 2.24) is 14.3 Å². The molecule has 2 atom stereocenters. The summed E-state index contributed by atoms with van der Waals surface area (Å²) in [5.41, 5.74) is -1.01. The second kappa shape index (κ2) is 3.67. The molecule has 0 aliphatic heterocycles. The van der Waals surface area contributed by atoms with Crippen LogP contribution in [0.4, 0.5) is 0 Å². The van der Waals surface area contributed by atoms with Gasteiger partial charge in [0.15, 0.2) is 0 Å². The van der Waals surface area contributed by atoms with Crippen molar-refractivity contribution in [3.8, 4) is 0 Å². The van der Waals surface area contributed by atoms with Crippen LogP contribution in [0.1, 0.15) is 13.0 Å². The number of aromatic nitrogens is 3. The predicted octanol–water partition coefficient (Wildman–Crippen LogP) is -1.02. The van der Waals surface area contributed by atoms with E-state index in [-0.39, 0.29) is 0 Å². The standard InChI is InChI=1S/C8H13N3O3/c1-4-6(5(2)12)11-8(14)10(3)7(13)9-11/h4-6,12H,1H2,2-3H3,(H,9,13)/t5-,6+/m0/s1. The number of nitrogens with zero attached hydrogens (tertiary/aromatic N) is 2. The Morgan fingerprint density at radius 1 is 1.57 bits per heavy atom. The normalized spacial score (nSPS) is 15.1. The van der Waals surface area contributed by atoms with Crippen molar-refractivity contribution in [3.05, 3.63) is 33.6 Å². The van der Waals surface area contributed by atoms with Gasteiger partial charge in [-0.1, -0.05) is 6.08 Å². The van der Waals surface area contributed by atoms with Gasteiger partial charge in [0.25, 0.3) is 0 Å². The lowest BCUT2D eigenvalue weighted by Crippen LogP contribution is -2.31. The summed E-state index contributed by atoms with van der Waals surface area (Å²) in [7, 11) is 1.36. The summed E-state index contributed by atoms with van der Waals surface area (Å²) in [4.78, 5) is 22.5. The molecule has 0 radical (unpaired) electrons. The zero-order valence-electron chi connectivity index (χ0n) is 8.10. The lowest BCUT2D eigenvalue weighted by Gasteiger charge is -2.14. The molecule has 0 amide bonds. The van der Waals surface area contributed by atoms with Gasteiger partial charge in [-0.15, -0.1) is 6.58 Å². The third-order valence-corrected chi connectivity index (χ3v) is 2.05. The number of aliphatic hydroxyl groups is 1. The SMILES string of the molecule is C=C[C@H]([C@H](C)O)n1[nH]c(=O)n(C)c1=O. The Morgan fingerprint density at radius 3 is 2.43 bits per heavy atom. The largest absolute Gasteiger partial charge is 0.391 e. The number of aromatic amines is 1. The number of rotatable bonds is 3. The van der Waals surface area contributed by atoms with Gasteiger partial charge in [-0.25, -0.2) is 23.9 Å². The van der Waals surface area contributed by atoms with Crippen molar-refractivity contribution in [2.45, 2.75) is 19.1 Å². The molecule has 0 fully saturated rings. The zero-order chi connectivity index (χ0) is 10.9. The molecule has 0 aliphatic rings. The number of hydrogen-bond donors (Lipinski definition) is 2. The summed E-state index contributed by atoms with van der Waals surface area (Å²) >= 11 is 0. The van der Waals surface area contributed by atoms with E-state index < -0.39 is 23.5 Å². The molecule has 1 aromatic heterocycles. The van der Waals surface area contributed by atoms with Crippen LogP contribution in [-0.4, -0.2) is 25.6 Å². The minimum Gasteiger partial charge on any atom is -0.391 e. The Bertz CT molecular complexity index is 437. The summed E-state index contributed by atoms with van der Waals surface area (Å²) in [5.74, 6) is 0. The van der Waals surface area contributed by atoms with E-state index in [4.69, 9.17) is 0 Å². The number of H-pyrrole nitrogens is 1. The maximum atomic E-state index is 11.4. The Kier molecular flexibility index (Phi) is 2.76. The van der Waals surface area contributed by atoms with Crippen LogP contribution in [0.3, 0.4) is 0 Å².